The summed E-state index contributed by atoms with van der Waals surface area (Å²) >= 11 is 1.76. The van der Waals surface area contributed by atoms with Gasteiger partial charge in [0.15, 0.2) is 5.96 Å². The Morgan fingerprint density at radius 3 is 2.38 bits per heavy atom. The smallest absolute Gasteiger partial charge is 0.224 e. The van der Waals surface area contributed by atoms with Gasteiger partial charge in [0.2, 0.25) is 5.91 Å². The SMILES string of the molecule is CCCC(=O)Nc1ccc(CNC(=NC)NCc2ccc(C)cc2SC)cc1.I. The molecule has 0 unspecified atom stereocenters. The Kier molecular flexibility index (Phi) is 11.8. The molecule has 0 spiro atoms. The molecule has 158 valence electrons. The van der Waals surface area contributed by atoms with Crippen LogP contribution in [0.15, 0.2) is 52.4 Å². The van der Waals surface area contributed by atoms with Gasteiger partial charge in [-0.2, -0.15) is 0 Å². The van der Waals surface area contributed by atoms with E-state index in [0.29, 0.717) is 13.0 Å². The van der Waals surface area contributed by atoms with E-state index in [-0.39, 0.29) is 29.9 Å². The first-order valence-electron chi connectivity index (χ1n) is 9.52. The summed E-state index contributed by atoms with van der Waals surface area (Å²) in [7, 11) is 1.77. The summed E-state index contributed by atoms with van der Waals surface area (Å²) in [5, 5.41) is 9.60. The number of nitrogens with zero attached hydrogens (tertiary/aromatic N) is 1. The number of amides is 1. The number of hydrogen-bond donors (Lipinski definition) is 3. The number of guanidine groups is 1. The van der Waals surface area contributed by atoms with Crippen molar-refractivity contribution < 1.29 is 4.79 Å². The van der Waals surface area contributed by atoms with E-state index in [9.17, 15) is 4.79 Å². The number of anilines is 1. The molecule has 0 aromatic heterocycles. The van der Waals surface area contributed by atoms with Gasteiger partial charge in [-0.3, -0.25) is 9.79 Å². The lowest BCUT2D eigenvalue weighted by atomic mass is 10.1. The molecule has 3 N–H and O–H groups in total. The molecule has 0 bridgehead atoms. The molecule has 0 radical (unpaired) electrons. The zero-order valence-electron chi connectivity index (χ0n) is 17.5. The van der Waals surface area contributed by atoms with Crippen LogP contribution in [0.25, 0.3) is 0 Å². The van der Waals surface area contributed by atoms with Crippen LogP contribution in [0.4, 0.5) is 5.69 Å². The zero-order chi connectivity index (χ0) is 20.4. The largest absolute Gasteiger partial charge is 0.352 e. The van der Waals surface area contributed by atoms with Gasteiger partial charge in [-0.15, -0.1) is 35.7 Å². The molecule has 0 aliphatic carbocycles. The quantitative estimate of drug-likeness (QED) is 0.197. The molecule has 0 fully saturated rings. The van der Waals surface area contributed by atoms with Crippen molar-refractivity contribution in [3.05, 3.63) is 59.2 Å². The molecule has 0 aliphatic heterocycles. The van der Waals surface area contributed by atoms with Crippen molar-refractivity contribution in [1.29, 1.82) is 0 Å². The third-order valence-electron chi connectivity index (χ3n) is 4.29. The van der Waals surface area contributed by atoms with Crippen LogP contribution in [-0.2, 0) is 17.9 Å². The van der Waals surface area contributed by atoms with Gasteiger partial charge in [-0.05, 0) is 54.5 Å². The second-order valence-electron chi connectivity index (χ2n) is 6.59. The Labute approximate surface area is 195 Å². The number of carbonyl (C=O) groups is 1. The number of halogens is 1. The fraction of sp³-hybridized carbons (Fsp3) is 0.364. The van der Waals surface area contributed by atoms with Crippen molar-refractivity contribution in [3.8, 4) is 0 Å². The summed E-state index contributed by atoms with van der Waals surface area (Å²) < 4.78 is 0. The number of benzene rings is 2. The summed E-state index contributed by atoms with van der Waals surface area (Å²) in [5.41, 5.74) is 4.48. The van der Waals surface area contributed by atoms with Gasteiger partial charge < -0.3 is 16.0 Å². The molecular weight excluding hydrogens is 495 g/mol. The minimum absolute atomic E-state index is 0. The average Bonchev–Trinajstić information content (AvgIpc) is 2.70. The van der Waals surface area contributed by atoms with Crippen molar-refractivity contribution in [2.75, 3.05) is 18.6 Å². The number of aliphatic imine (C=N–C) groups is 1. The normalized spacial score (nSPS) is 10.8. The molecule has 5 nitrogen and oxygen atoms in total. The van der Waals surface area contributed by atoms with Crippen molar-refractivity contribution >= 4 is 53.3 Å². The van der Waals surface area contributed by atoms with Crippen LogP contribution in [-0.4, -0.2) is 25.2 Å². The van der Waals surface area contributed by atoms with Crippen LogP contribution < -0.4 is 16.0 Å². The Balaban J connectivity index is 0.00000420. The summed E-state index contributed by atoms with van der Waals surface area (Å²) in [6.45, 7) is 5.48. The lowest BCUT2D eigenvalue weighted by Crippen LogP contribution is -2.36. The number of aryl methyl sites for hydroxylation is 1. The third-order valence-corrected chi connectivity index (χ3v) is 5.11. The molecule has 7 heteroatoms. The first-order valence-corrected chi connectivity index (χ1v) is 10.7. The topological polar surface area (TPSA) is 65.5 Å². The minimum atomic E-state index is 0. The van der Waals surface area contributed by atoms with E-state index in [1.165, 1.54) is 16.0 Å². The molecule has 0 heterocycles. The van der Waals surface area contributed by atoms with Gasteiger partial charge in [0, 0.05) is 37.1 Å². The van der Waals surface area contributed by atoms with Crippen LogP contribution in [0.1, 0.15) is 36.5 Å². The minimum Gasteiger partial charge on any atom is -0.352 e. The molecule has 0 saturated heterocycles. The highest BCUT2D eigenvalue weighted by Crippen LogP contribution is 2.21. The van der Waals surface area contributed by atoms with Crippen LogP contribution in [0.2, 0.25) is 0 Å². The summed E-state index contributed by atoms with van der Waals surface area (Å²) in [5.74, 6) is 0.812. The second kappa shape index (κ2) is 13.5. The highest BCUT2D eigenvalue weighted by molar-refractivity contribution is 14.0. The lowest BCUT2D eigenvalue weighted by Gasteiger charge is -2.14. The van der Waals surface area contributed by atoms with Crippen LogP contribution in [0.5, 0.6) is 0 Å². The van der Waals surface area contributed by atoms with E-state index < -0.39 is 0 Å². The molecule has 0 aliphatic rings. The van der Waals surface area contributed by atoms with Gasteiger partial charge in [-0.25, -0.2) is 0 Å². The first-order chi connectivity index (χ1) is 13.5. The maximum absolute atomic E-state index is 11.7. The van der Waals surface area contributed by atoms with Gasteiger partial charge in [0.25, 0.3) is 0 Å². The highest BCUT2D eigenvalue weighted by atomic mass is 127. The van der Waals surface area contributed by atoms with E-state index in [0.717, 1.165) is 30.2 Å². The van der Waals surface area contributed by atoms with Gasteiger partial charge in [0.05, 0.1) is 0 Å². The molecule has 0 saturated carbocycles. The number of thioether (sulfide) groups is 1. The predicted octanol–water partition coefficient (Wildman–Crippen LogP) is 4.94. The standard InChI is InChI=1S/C22H30N4OS.HI/c1-5-6-21(27)26-19-11-8-17(9-12-19)14-24-22(23-3)25-15-18-10-7-16(2)13-20(18)28-4;/h7-13H,5-6,14-15H2,1-4H3,(H,26,27)(H2,23,24,25);1H. The highest BCUT2D eigenvalue weighted by Gasteiger charge is 2.05. The molecule has 29 heavy (non-hydrogen) atoms. The van der Waals surface area contributed by atoms with E-state index in [1.54, 1.807) is 18.8 Å². The molecule has 2 aromatic rings. The van der Waals surface area contributed by atoms with Crippen molar-refractivity contribution in [2.24, 2.45) is 4.99 Å². The molecular formula is C22H31IN4OS. The third kappa shape index (κ3) is 8.65. The van der Waals surface area contributed by atoms with Crippen LogP contribution in [0.3, 0.4) is 0 Å². The molecule has 0 atom stereocenters. The predicted molar refractivity (Wildman–Crippen MR) is 135 cm³/mol. The molecule has 2 rings (SSSR count). The van der Waals surface area contributed by atoms with E-state index in [2.05, 4.69) is 52.3 Å². The molecule has 1 amide bonds. The first kappa shape index (κ1) is 25.3. The van der Waals surface area contributed by atoms with Gasteiger partial charge >= 0.3 is 0 Å². The number of hydrogen-bond acceptors (Lipinski definition) is 3. The van der Waals surface area contributed by atoms with Crippen molar-refractivity contribution in [2.45, 2.75) is 44.7 Å². The van der Waals surface area contributed by atoms with Crippen LogP contribution >= 0.6 is 35.7 Å². The zero-order valence-corrected chi connectivity index (χ0v) is 20.7. The molecule has 2 aromatic carbocycles. The summed E-state index contributed by atoms with van der Waals surface area (Å²) in [4.78, 5) is 17.2. The Bertz CT molecular complexity index is 809. The van der Waals surface area contributed by atoms with Gasteiger partial charge in [-0.1, -0.05) is 31.2 Å². The fourth-order valence-corrected chi connectivity index (χ4v) is 3.45. The Morgan fingerprint density at radius 2 is 1.76 bits per heavy atom. The number of carbonyl (C=O) groups excluding carboxylic acids is 1. The Hall–Kier alpha value is -1.74. The maximum Gasteiger partial charge on any atom is 0.224 e. The lowest BCUT2D eigenvalue weighted by molar-refractivity contribution is -0.116. The van der Waals surface area contributed by atoms with E-state index in [1.807, 2.05) is 31.2 Å². The second-order valence-corrected chi connectivity index (χ2v) is 7.44. The number of rotatable bonds is 8. The van der Waals surface area contributed by atoms with Crippen molar-refractivity contribution in [1.82, 2.24) is 10.6 Å². The summed E-state index contributed by atoms with van der Waals surface area (Å²) in [6, 6.07) is 14.4. The number of nitrogens with one attached hydrogen (secondary N) is 3. The van der Waals surface area contributed by atoms with E-state index in [4.69, 9.17) is 0 Å². The monoisotopic (exact) mass is 526 g/mol. The average molecular weight is 526 g/mol. The van der Waals surface area contributed by atoms with Crippen LogP contribution in [0, 0.1) is 6.92 Å². The Morgan fingerprint density at radius 1 is 1.07 bits per heavy atom. The van der Waals surface area contributed by atoms with Gasteiger partial charge in [0.1, 0.15) is 0 Å². The van der Waals surface area contributed by atoms with E-state index >= 15 is 0 Å². The maximum atomic E-state index is 11.7. The summed E-state index contributed by atoms with van der Waals surface area (Å²) in [6.07, 6.45) is 3.49. The van der Waals surface area contributed by atoms with Crippen molar-refractivity contribution in [3.63, 3.8) is 0 Å². The fourth-order valence-electron chi connectivity index (χ4n) is 2.74.